The molecule has 0 saturated carbocycles. The van der Waals surface area contributed by atoms with E-state index in [4.69, 9.17) is 14.2 Å². The number of aliphatic hydroxyl groups is 1. The molecule has 3 aliphatic rings. The molecule has 3 rings (SSSR count). The van der Waals surface area contributed by atoms with Crippen molar-refractivity contribution >= 4 is 28.6 Å². The van der Waals surface area contributed by atoms with Gasteiger partial charge in [0.25, 0.3) is 0 Å². The summed E-state index contributed by atoms with van der Waals surface area (Å²) >= 11 is 2.16. The van der Waals surface area contributed by atoms with Gasteiger partial charge in [0.05, 0.1) is 36.9 Å². The lowest BCUT2D eigenvalue weighted by Crippen LogP contribution is -2.40. The molecule has 0 radical (unpaired) electrons. The lowest BCUT2D eigenvalue weighted by atomic mass is 9.91. The number of hydrogen-bond acceptors (Lipinski definition) is 5. The smallest absolute Gasteiger partial charge is 0.309 e. The number of cyclic esters (lactones) is 1. The monoisotopic (exact) mass is 518 g/mol. The first-order valence-corrected chi connectivity index (χ1v) is 12.3. The number of hydrogen-bond donors (Lipinski definition) is 1. The Balaban J connectivity index is 1.77. The van der Waals surface area contributed by atoms with Crippen molar-refractivity contribution < 1.29 is 24.1 Å². The van der Waals surface area contributed by atoms with Gasteiger partial charge in [-0.05, 0) is 54.6 Å². The first-order chi connectivity index (χ1) is 13.9. The summed E-state index contributed by atoms with van der Waals surface area (Å²) in [6.07, 6.45) is 12.1. The summed E-state index contributed by atoms with van der Waals surface area (Å²) in [5.41, 5.74) is 0. The highest BCUT2D eigenvalue weighted by Crippen LogP contribution is 2.31. The van der Waals surface area contributed by atoms with Crippen molar-refractivity contribution in [3.8, 4) is 0 Å². The third kappa shape index (κ3) is 7.33. The Kier molecular flexibility index (Phi) is 9.02. The molecule has 4 bridgehead atoms. The molecule has 1 N–H and O–H groups in total. The highest BCUT2D eigenvalue weighted by Gasteiger charge is 2.34. The second-order valence-electron chi connectivity index (χ2n) is 8.99. The zero-order valence-corrected chi connectivity index (χ0v) is 19.7. The molecule has 1 unspecified atom stereocenters. The molecule has 164 valence electrons. The van der Waals surface area contributed by atoms with Crippen LogP contribution in [0.5, 0.6) is 0 Å². The minimum Gasteiger partial charge on any atom is -0.457 e. The molecule has 2 fully saturated rings. The van der Waals surface area contributed by atoms with Gasteiger partial charge in [-0.25, -0.2) is 0 Å². The first-order valence-electron chi connectivity index (χ1n) is 11.1. The molecule has 0 aromatic heterocycles. The third-order valence-corrected chi connectivity index (χ3v) is 6.65. The molecule has 29 heavy (non-hydrogen) atoms. The van der Waals surface area contributed by atoms with E-state index in [-0.39, 0.29) is 48.8 Å². The summed E-state index contributed by atoms with van der Waals surface area (Å²) in [6, 6.07) is 0. The number of esters is 1. The molecule has 0 spiro atoms. The van der Waals surface area contributed by atoms with Crippen molar-refractivity contribution in [3.63, 3.8) is 0 Å². The molecule has 3 aliphatic heterocycles. The Bertz CT molecular complexity index is 592. The van der Waals surface area contributed by atoms with E-state index >= 15 is 0 Å². The van der Waals surface area contributed by atoms with Crippen molar-refractivity contribution in [2.24, 2.45) is 11.8 Å². The van der Waals surface area contributed by atoms with Crippen molar-refractivity contribution in [2.45, 2.75) is 102 Å². The fourth-order valence-corrected chi connectivity index (χ4v) is 5.15. The SMILES string of the molecule is C[C@H]1/C=C/[C@H](C)[C@H](/C=C/I)OC(=O)C[C@@H]2C[C@H](O)C[C@H](C[C@@H]3CCCC(C1)O3)O2. The van der Waals surface area contributed by atoms with Gasteiger partial charge in [0.15, 0.2) is 0 Å². The number of ether oxygens (including phenoxy) is 3. The molecule has 5 nitrogen and oxygen atoms in total. The van der Waals surface area contributed by atoms with E-state index < -0.39 is 6.10 Å². The van der Waals surface area contributed by atoms with Crippen LogP contribution in [0.15, 0.2) is 22.3 Å². The predicted octanol–water partition coefficient (Wildman–Crippen LogP) is 4.71. The zero-order chi connectivity index (χ0) is 20.8. The van der Waals surface area contributed by atoms with Crippen LogP contribution in [0.2, 0.25) is 0 Å². The van der Waals surface area contributed by atoms with Gasteiger partial charge in [0.2, 0.25) is 0 Å². The van der Waals surface area contributed by atoms with Crippen molar-refractivity contribution in [2.75, 3.05) is 0 Å². The molecular weight excluding hydrogens is 483 g/mol. The molecule has 0 amide bonds. The number of carbonyl (C=O) groups excluding carboxylic acids is 1. The molecule has 3 heterocycles. The van der Waals surface area contributed by atoms with Crippen LogP contribution in [0.25, 0.3) is 0 Å². The maximum atomic E-state index is 12.6. The summed E-state index contributed by atoms with van der Waals surface area (Å²) in [5, 5.41) is 10.3. The highest BCUT2D eigenvalue weighted by atomic mass is 127. The third-order valence-electron chi connectivity index (χ3n) is 6.24. The molecular formula is C23H35IO5. The second-order valence-corrected chi connectivity index (χ2v) is 9.71. The van der Waals surface area contributed by atoms with Gasteiger partial charge in [0, 0.05) is 12.3 Å². The van der Waals surface area contributed by atoms with Crippen LogP contribution in [0.3, 0.4) is 0 Å². The minimum atomic E-state index is -0.434. The Morgan fingerprint density at radius 1 is 1.00 bits per heavy atom. The predicted molar refractivity (Wildman–Crippen MR) is 121 cm³/mol. The fourth-order valence-electron chi connectivity index (χ4n) is 4.74. The van der Waals surface area contributed by atoms with E-state index in [0.29, 0.717) is 18.8 Å². The summed E-state index contributed by atoms with van der Waals surface area (Å²) in [7, 11) is 0. The van der Waals surface area contributed by atoms with Crippen molar-refractivity contribution in [1.82, 2.24) is 0 Å². The topological polar surface area (TPSA) is 65.0 Å². The van der Waals surface area contributed by atoms with Crippen molar-refractivity contribution in [1.29, 1.82) is 0 Å². The van der Waals surface area contributed by atoms with Crippen LogP contribution in [0, 0.1) is 11.8 Å². The van der Waals surface area contributed by atoms with E-state index in [1.807, 2.05) is 10.2 Å². The van der Waals surface area contributed by atoms with Crippen LogP contribution in [0.1, 0.15) is 65.2 Å². The van der Waals surface area contributed by atoms with Crippen LogP contribution in [0.4, 0.5) is 0 Å². The number of carbonyl (C=O) groups is 1. The maximum absolute atomic E-state index is 12.6. The molecule has 0 aromatic carbocycles. The van der Waals surface area contributed by atoms with E-state index in [9.17, 15) is 9.90 Å². The Morgan fingerprint density at radius 3 is 2.45 bits per heavy atom. The lowest BCUT2D eigenvalue weighted by molar-refractivity contribution is -0.161. The summed E-state index contributed by atoms with van der Waals surface area (Å²) in [6.45, 7) is 4.30. The summed E-state index contributed by atoms with van der Waals surface area (Å²) < 4.78 is 20.3. The standard InChI is InChI=1S/C23H35IO5/c1-15-6-7-16(2)22(8-9-24)29-23(26)14-21-12-17(25)11-20(28-21)13-19-5-3-4-18(10-15)27-19/h6-9,15-22,25H,3-5,10-14H2,1-2H3/b7-6+,9-8+/t15-,16-,17+,18?,19-,20+,21-,22-/m0/s1. The van der Waals surface area contributed by atoms with Crippen LogP contribution < -0.4 is 0 Å². The second kappa shape index (κ2) is 11.3. The molecule has 6 heteroatoms. The van der Waals surface area contributed by atoms with Gasteiger partial charge >= 0.3 is 5.97 Å². The van der Waals surface area contributed by atoms with Gasteiger partial charge in [-0.1, -0.05) is 48.6 Å². The van der Waals surface area contributed by atoms with Gasteiger partial charge < -0.3 is 19.3 Å². The van der Waals surface area contributed by atoms with Gasteiger partial charge in [0.1, 0.15) is 6.10 Å². The Morgan fingerprint density at radius 2 is 1.69 bits per heavy atom. The average Bonchev–Trinajstić information content (AvgIpc) is 2.65. The minimum absolute atomic E-state index is 0.0607. The van der Waals surface area contributed by atoms with Crippen LogP contribution in [-0.2, 0) is 19.0 Å². The summed E-state index contributed by atoms with van der Waals surface area (Å²) in [5.74, 6) is 0.230. The quantitative estimate of drug-likeness (QED) is 0.310. The van der Waals surface area contributed by atoms with Gasteiger partial charge in [-0.15, -0.1) is 0 Å². The zero-order valence-electron chi connectivity index (χ0n) is 17.5. The number of rotatable bonds is 1. The maximum Gasteiger partial charge on any atom is 0.309 e. The highest BCUT2D eigenvalue weighted by molar-refractivity contribution is 14.1. The molecule has 0 aromatic rings. The van der Waals surface area contributed by atoms with Crippen molar-refractivity contribution in [3.05, 3.63) is 22.3 Å². The van der Waals surface area contributed by atoms with Crippen LogP contribution >= 0.6 is 22.6 Å². The van der Waals surface area contributed by atoms with E-state index in [1.54, 1.807) is 0 Å². The summed E-state index contributed by atoms with van der Waals surface area (Å²) in [4.78, 5) is 12.6. The largest absolute Gasteiger partial charge is 0.457 e. The number of halogens is 1. The molecule has 8 atom stereocenters. The number of fused-ring (bicyclic) bond motifs is 4. The first kappa shape index (κ1) is 23.2. The van der Waals surface area contributed by atoms with Gasteiger partial charge in [-0.3, -0.25) is 4.79 Å². The number of allylic oxidation sites excluding steroid dienone is 1. The van der Waals surface area contributed by atoms with Crippen LogP contribution in [-0.4, -0.2) is 47.7 Å². The lowest BCUT2D eigenvalue weighted by Gasteiger charge is -2.37. The normalized spacial score (nSPS) is 43.7. The number of aliphatic hydroxyl groups excluding tert-OH is 1. The molecule has 0 aliphatic carbocycles. The van der Waals surface area contributed by atoms with E-state index in [0.717, 1.165) is 25.7 Å². The van der Waals surface area contributed by atoms with E-state index in [2.05, 4.69) is 48.6 Å². The van der Waals surface area contributed by atoms with Gasteiger partial charge in [-0.2, -0.15) is 0 Å². The Hall–Kier alpha value is -0.440. The Labute approximate surface area is 188 Å². The fraction of sp³-hybridized carbons (Fsp3) is 0.783. The average molecular weight is 518 g/mol. The van der Waals surface area contributed by atoms with E-state index in [1.165, 1.54) is 6.42 Å². The molecule has 2 saturated heterocycles.